The molecule has 0 amide bonds. The van der Waals surface area contributed by atoms with E-state index in [9.17, 15) is 4.79 Å². The standard InChI is InChI=1S/C21H21N3O5/c1-26-21(25)14-3-4-17-16(7-14)23-20-11-27-10-15(24(17)20)9-22-8-13-2-5-18-19(6-13)29-12-28-18/h2-7,15,22H,8-12H2,1H3/t15-/m0/s1. The number of hydrogen-bond donors (Lipinski definition) is 1. The molecular formula is C21H21N3O5. The highest BCUT2D eigenvalue weighted by molar-refractivity contribution is 5.93. The van der Waals surface area contributed by atoms with Crippen LogP contribution in [0.25, 0.3) is 11.0 Å². The molecule has 1 N–H and O–H groups in total. The highest BCUT2D eigenvalue weighted by atomic mass is 16.7. The number of carbonyl (C=O) groups excluding carboxylic acids is 1. The Bertz CT molecular complexity index is 1080. The van der Waals surface area contributed by atoms with Gasteiger partial charge in [-0.15, -0.1) is 0 Å². The highest BCUT2D eigenvalue weighted by Crippen LogP contribution is 2.32. The lowest BCUT2D eigenvalue weighted by molar-refractivity contribution is 0.0564. The molecule has 1 atom stereocenters. The van der Waals surface area contributed by atoms with Crippen molar-refractivity contribution < 1.29 is 23.7 Å². The summed E-state index contributed by atoms with van der Waals surface area (Å²) in [4.78, 5) is 16.5. The Labute approximate surface area is 167 Å². The first kappa shape index (κ1) is 18.0. The van der Waals surface area contributed by atoms with Gasteiger partial charge in [0.2, 0.25) is 6.79 Å². The van der Waals surface area contributed by atoms with Gasteiger partial charge in [-0.1, -0.05) is 6.07 Å². The fourth-order valence-electron chi connectivity index (χ4n) is 3.85. The SMILES string of the molecule is COC(=O)c1ccc2c(c1)nc1n2[C@@H](CNCc2ccc3c(c2)OCO3)COC1. The third-order valence-corrected chi connectivity index (χ3v) is 5.24. The molecule has 8 nitrogen and oxygen atoms in total. The molecule has 1 aromatic heterocycles. The van der Waals surface area contributed by atoms with Gasteiger partial charge in [-0.3, -0.25) is 0 Å². The minimum absolute atomic E-state index is 0.113. The van der Waals surface area contributed by atoms with E-state index in [1.165, 1.54) is 7.11 Å². The van der Waals surface area contributed by atoms with Crippen LogP contribution >= 0.6 is 0 Å². The normalized spacial score (nSPS) is 17.3. The van der Waals surface area contributed by atoms with Crippen LogP contribution in [0.1, 0.15) is 27.8 Å². The second kappa shape index (κ2) is 7.38. The van der Waals surface area contributed by atoms with Gasteiger partial charge >= 0.3 is 5.97 Å². The van der Waals surface area contributed by atoms with Gasteiger partial charge in [0.15, 0.2) is 11.5 Å². The van der Waals surface area contributed by atoms with Gasteiger partial charge in [-0.25, -0.2) is 9.78 Å². The van der Waals surface area contributed by atoms with Crippen molar-refractivity contribution in [1.29, 1.82) is 0 Å². The molecule has 8 heteroatoms. The van der Waals surface area contributed by atoms with Crippen molar-refractivity contribution in [2.45, 2.75) is 19.2 Å². The third-order valence-electron chi connectivity index (χ3n) is 5.24. The minimum Gasteiger partial charge on any atom is -0.465 e. The molecule has 3 aromatic rings. The molecule has 0 fully saturated rings. The van der Waals surface area contributed by atoms with Crippen molar-refractivity contribution in [1.82, 2.24) is 14.9 Å². The number of imidazole rings is 1. The molecule has 0 spiro atoms. The van der Waals surface area contributed by atoms with Gasteiger partial charge in [-0.2, -0.15) is 0 Å². The van der Waals surface area contributed by atoms with Gasteiger partial charge < -0.3 is 28.8 Å². The number of aromatic nitrogens is 2. The van der Waals surface area contributed by atoms with Crippen molar-refractivity contribution in [3.05, 3.63) is 53.3 Å². The van der Waals surface area contributed by atoms with Gasteiger partial charge in [-0.05, 0) is 35.9 Å². The summed E-state index contributed by atoms with van der Waals surface area (Å²) in [6, 6.07) is 11.5. The number of methoxy groups -OCH3 is 1. The quantitative estimate of drug-likeness (QED) is 0.664. The Morgan fingerprint density at radius 3 is 3.03 bits per heavy atom. The first-order chi connectivity index (χ1) is 14.2. The van der Waals surface area contributed by atoms with E-state index in [2.05, 4.69) is 14.9 Å². The van der Waals surface area contributed by atoms with E-state index in [1.807, 2.05) is 24.3 Å². The molecule has 150 valence electrons. The van der Waals surface area contributed by atoms with Crippen LogP contribution in [-0.2, 0) is 22.6 Å². The molecule has 29 heavy (non-hydrogen) atoms. The number of fused-ring (bicyclic) bond motifs is 4. The summed E-state index contributed by atoms with van der Waals surface area (Å²) in [5.74, 6) is 2.07. The number of rotatable bonds is 5. The maximum atomic E-state index is 11.8. The zero-order chi connectivity index (χ0) is 19.8. The summed E-state index contributed by atoms with van der Waals surface area (Å²) in [5.41, 5.74) is 3.39. The van der Waals surface area contributed by atoms with E-state index in [4.69, 9.17) is 18.9 Å². The Kier molecular flexibility index (Phi) is 4.57. The number of hydrogen-bond acceptors (Lipinski definition) is 7. The first-order valence-electron chi connectivity index (χ1n) is 9.49. The zero-order valence-electron chi connectivity index (χ0n) is 16.0. The highest BCUT2D eigenvalue weighted by Gasteiger charge is 2.24. The Morgan fingerprint density at radius 1 is 1.24 bits per heavy atom. The molecule has 2 aliphatic heterocycles. The lowest BCUT2D eigenvalue weighted by atomic mass is 10.1. The molecule has 0 unspecified atom stereocenters. The molecular weight excluding hydrogens is 374 g/mol. The molecule has 2 aromatic carbocycles. The Balaban J connectivity index is 1.33. The van der Waals surface area contributed by atoms with Crippen LogP contribution in [-0.4, -0.2) is 42.6 Å². The van der Waals surface area contributed by atoms with Crippen LogP contribution in [0.5, 0.6) is 11.5 Å². The lowest BCUT2D eigenvalue weighted by Crippen LogP contribution is -2.32. The molecule has 0 saturated heterocycles. The summed E-state index contributed by atoms with van der Waals surface area (Å²) >= 11 is 0. The number of nitrogens with zero attached hydrogens (tertiary/aromatic N) is 2. The summed E-state index contributed by atoms with van der Waals surface area (Å²) < 4.78 is 23.6. The van der Waals surface area contributed by atoms with Gasteiger partial charge in [0.05, 0.1) is 36.4 Å². The average Bonchev–Trinajstić information content (AvgIpc) is 3.36. The van der Waals surface area contributed by atoms with Crippen LogP contribution in [0.15, 0.2) is 36.4 Å². The van der Waals surface area contributed by atoms with Crippen molar-refractivity contribution >= 4 is 17.0 Å². The average molecular weight is 395 g/mol. The molecule has 0 aliphatic carbocycles. The third kappa shape index (κ3) is 3.30. The molecule has 0 bridgehead atoms. The van der Waals surface area contributed by atoms with Gasteiger partial charge in [0.25, 0.3) is 0 Å². The number of ether oxygens (including phenoxy) is 4. The van der Waals surface area contributed by atoms with Crippen LogP contribution in [0.2, 0.25) is 0 Å². The smallest absolute Gasteiger partial charge is 0.337 e. The number of esters is 1. The Hall–Kier alpha value is -3.10. The first-order valence-corrected chi connectivity index (χ1v) is 9.49. The van der Waals surface area contributed by atoms with Crippen LogP contribution < -0.4 is 14.8 Å². The van der Waals surface area contributed by atoms with E-state index in [-0.39, 0.29) is 18.8 Å². The largest absolute Gasteiger partial charge is 0.465 e. The van der Waals surface area contributed by atoms with Crippen molar-refractivity contribution in [2.24, 2.45) is 0 Å². The molecule has 5 rings (SSSR count). The van der Waals surface area contributed by atoms with Crippen molar-refractivity contribution in [2.75, 3.05) is 27.1 Å². The molecule has 0 saturated carbocycles. The molecule has 2 aliphatic rings. The maximum Gasteiger partial charge on any atom is 0.337 e. The van der Waals surface area contributed by atoms with E-state index >= 15 is 0 Å². The summed E-state index contributed by atoms with van der Waals surface area (Å²) in [6.07, 6.45) is 0. The van der Waals surface area contributed by atoms with E-state index in [0.29, 0.717) is 25.3 Å². The minimum atomic E-state index is -0.365. The van der Waals surface area contributed by atoms with Crippen LogP contribution in [0, 0.1) is 0 Å². The zero-order valence-corrected chi connectivity index (χ0v) is 16.0. The topological polar surface area (TPSA) is 83.8 Å². The van der Waals surface area contributed by atoms with Crippen LogP contribution in [0.4, 0.5) is 0 Å². The number of nitrogens with one attached hydrogen (secondary N) is 1. The fourth-order valence-corrected chi connectivity index (χ4v) is 3.85. The van der Waals surface area contributed by atoms with Gasteiger partial charge in [0.1, 0.15) is 12.4 Å². The van der Waals surface area contributed by atoms with Crippen molar-refractivity contribution in [3.8, 4) is 11.5 Å². The Morgan fingerprint density at radius 2 is 2.14 bits per heavy atom. The lowest BCUT2D eigenvalue weighted by Gasteiger charge is -2.26. The van der Waals surface area contributed by atoms with Crippen molar-refractivity contribution in [3.63, 3.8) is 0 Å². The predicted molar refractivity (Wildman–Crippen MR) is 104 cm³/mol. The second-order valence-corrected chi connectivity index (χ2v) is 7.08. The number of benzene rings is 2. The summed E-state index contributed by atoms with van der Waals surface area (Å²) in [5, 5.41) is 3.50. The molecule has 3 heterocycles. The second-order valence-electron chi connectivity index (χ2n) is 7.08. The van der Waals surface area contributed by atoms with E-state index in [0.717, 1.165) is 40.5 Å². The molecule has 0 radical (unpaired) electrons. The van der Waals surface area contributed by atoms with E-state index < -0.39 is 0 Å². The predicted octanol–water partition coefficient (Wildman–Crippen LogP) is 2.41. The number of carbonyl (C=O) groups is 1. The summed E-state index contributed by atoms with van der Waals surface area (Å²) in [6.45, 7) is 2.78. The fraction of sp³-hybridized carbons (Fsp3) is 0.333. The van der Waals surface area contributed by atoms with Gasteiger partial charge in [0, 0.05) is 13.1 Å². The van der Waals surface area contributed by atoms with Crippen LogP contribution in [0.3, 0.4) is 0 Å². The summed E-state index contributed by atoms with van der Waals surface area (Å²) in [7, 11) is 1.38. The maximum absolute atomic E-state index is 11.8. The van der Waals surface area contributed by atoms with E-state index in [1.54, 1.807) is 12.1 Å². The monoisotopic (exact) mass is 395 g/mol.